The van der Waals surface area contributed by atoms with Gasteiger partial charge >= 0.3 is 0 Å². The highest BCUT2D eigenvalue weighted by Crippen LogP contribution is 2.36. The van der Waals surface area contributed by atoms with Crippen molar-refractivity contribution in [1.82, 2.24) is 5.32 Å². The second kappa shape index (κ2) is 6.80. The van der Waals surface area contributed by atoms with E-state index in [1.807, 2.05) is 0 Å². The normalized spacial score (nSPS) is 16.7. The van der Waals surface area contributed by atoms with E-state index in [4.69, 9.17) is 4.74 Å². The van der Waals surface area contributed by atoms with E-state index in [0.29, 0.717) is 6.04 Å². The third-order valence-electron chi connectivity index (χ3n) is 3.84. The molecule has 0 saturated carbocycles. The maximum Gasteiger partial charge on any atom is 0.125 e. The van der Waals surface area contributed by atoms with E-state index in [1.165, 1.54) is 37.2 Å². The van der Waals surface area contributed by atoms with E-state index in [1.54, 1.807) is 7.11 Å². The van der Waals surface area contributed by atoms with Gasteiger partial charge in [-0.3, -0.25) is 0 Å². The monoisotopic (exact) mass is 262 g/mol. The van der Waals surface area contributed by atoms with Crippen LogP contribution in [0.5, 0.6) is 5.75 Å². The molecular weight excluding hydrogens is 236 g/mol. The average Bonchev–Trinajstić information content (AvgIpc) is 2.97. The third kappa shape index (κ3) is 3.21. The van der Waals surface area contributed by atoms with Crippen molar-refractivity contribution in [1.29, 1.82) is 0 Å². The van der Waals surface area contributed by atoms with Crippen LogP contribution in [0, 0.1) is 0 Å². The van der Waals surface area contributed by atoms with Gasteiger partial charge < -0.3 is 15.0 Å². The van der Waals surface area contributed by atoms with Gasteiger partial charge in [0.25, 0.3) is 0 Å². The van der Waals surface area contributed by atoms with Gasteiger partial charge in [-0.25, -0.2) is 0 Å². The summed E-state index contributed by atoms with van der Waals surface area (Å²) in [5.41, 5.74) is 2.65. The van der Waals surface area contributed by atoms with E-state index >= 15 is 0 Å². The van der Waals surface area contributed by atoms with Crippen molar-refractivity contribution in [3.05, 3.63) is 23.8 Å². The lowest BCUT2D eigenvalue weighted by Gasteiger charge is -2.26. The number of ether oxygens (including phenoxy) is 1. The van der Waals surface area contributed by atoms with Crippen molar-refractivity contribution in [2.45, 2.75) is 39.2 Å². The predicted molar refractivity (Wildman–Crippen MR) is 81.1 cm³/mol. The topological polar surface area (TPSA) is 24.5 Å². The van der Waals surface area contributed by atoms with Gasteiger partial charge in [0.1, 0.15) is 5.75 Å². The molecule has 2 rings (SSSR count). The summed E-state index contributed by atoms with van der Waals surface area (Å²) in [6.07, 6.45) is 3.75. The molecule has 3 heteroatoms. The number of anilines is 1. The van der Waals surface area contributed by atoms with Crippen molar-refractivity contribution in [3.8, 4) is 5.75 Å². The lowest BCUT2D eigenvalue weighted by molar-refractivity contribution is 0.402. The van der Waals surface area contributed by atoms with Gasteiger partial charge in [0, 0.05) is 30.4 Å². The summed E-state index contributed by atoms with van der Waals surface area (Å²) in [5, 5.41) is 3.58. The van der Waals surface area contributed by atoms with Crippen LogP contribution in [0.15, 0.2) is 18.2 Å². The van der Waals surface area contributed by atoms with Crippen molar-refractivity contribution < 1.29 is 4.74 Å². The van der Waals surface area contributed by atoms with Gasteiger partial charge in [-0.2, -0.15) is 0 Å². The first-order valence-electron chi connectivity index (χ1n) is 7.43. The molecule has 1 fully saturated rings. The number of rotatable bonds is 6. The van der Waals surface area contributed by atoms with E-state index < -0.39 is 0 Å². The molecule has 0 spiro atoms. The summed E-state index contributed by atoms with van der Waals surface area (Å²) < 4.78 is 5.58. The Balaban J connectivity index is 2.30. The van der Waals surface area contributed by atoms with E-state index in [-0.39, 0.29) is 0 Å². The smallest absolute Gasteiger partial charge is 0.125 e. The Morgan fingerprint density at radius 1 is 1.32 bits per heavy atom. The van der Waals surface area contributed by atoms with Crippen molar-refractivity contribution >= 4 is 5.69 Å². The number of benzene rings is 1. The standard InChI is InChI=1S/C16H26N2O/c1-4-10-17-13(2)16-14(18-11-5-6-12-18)8-7-9-15(16)19-3/h7-9,13,17H,4-6,10-12H2,1-3H3. The molecular formula is C16H26N2O. The molecule has 0 aliphatic carbocycles. The Morgan fingerprint density at radius 2 is 2.05 bits per heavy atom. The molecule has 0 aromatic heterocycles. The Labute approximate surface area is 116 Å². The second-order valence-corrected chi connectivity index (χ2v) is 5.26. The largest absolute Gasteiger partial charge is 0.496 e. The molecule has 3 nitrogen and oxygen atoms in total. The maximum absolute atomic E-state index is 5.58. The first kappa shape index (κ1) is 14.2. The van der Waals surface area contributed by atoms with Crippen LogP contribution >= 0.6 is 0 Å². The van der Waals surface area contributed by atoms with Crippen LogP contribution in [-0.4, -0.2) is 26.7 Å². The zero-order valence-corrected chi connectivity index (χ0v) is 12.4. The zero-order valence-electron chi connectivity index (χ0n) is 12.4. The first-order valence-corrected chi connectivity index (χ1v) is 7.43. The van der Waals surface area contributed by atoms with Crippen LogP contribution in [0.3, 0.4) is 0 Å². The van der Waals surface area contributed by atoms with Crippen LogP contribution in [0.1, 0.15) is 44.7 Å². The molecule has 19 heavy (non-hydrogen) atoms. The first-order chi connectivity index (χ1) is 9.27. The molecule has 1 heterocycles. The van der Waals surface area contributed by atoms with Gasteiger partial charge in [-0.15, -0.1) is 0 Å². The summed E-state index contributed by atoms with van der Waals surface area (Å²) in [4.78, 5) is 2.49. The zero-order chi connectivity index (χ0) is 13.7. The Hall–Kier alpha value is -1.22. The second-order valence-electron chi connectivity index (χ2n) is 5.26. The lowest BCUT2D eigenvalue weighted by Crippen LogP contribution is -2.25. The molecule has 0 radical (unpaired) electrons. The minimum atomic E-state index is 0.326. The molecule has 1 aromatic carbocycles. The molecule has 0 amide bonds. The summed E-state index contributed by atoms with van der Waals surface area (Å²) in [6, 6.07) is 6.72. The molecule has 1 unspecified atom stereocenters. The Kier molecular flexibility index (Phi) is 5.08. The fraction of sp³-hybridized carbons (Fsp3) is 0.625. The predicted octanol–water partition coefficient (Wildman–Crippen LogP) is 3.36. The van der Waals surface area contributed by atoms with Gasteiger partial charge in [-0.05, 0) is 44.9 Å². The minimum Gasteiger partial charge on any atom is -0.496 e. The highest BCUT2D eigenvalue weighted by atomic mass is 16.5. The van der Waals surface area contributed by atoms with Crippen LogP contribution in [0.4, 0.5) is 5.69 Å². The summed E-state index contributed by atoms with van der Waals surface area (Å²) in [7, 11) is 1.76. The quantitative estimate of drug-likeness (QED) is 0.851. The van der Waals surface area contributed by atoms with E-state index in [9.17, 15) is 0 Å². The average molecular weight is 262 g/mol. The number of hydrogen-bond acceptors (Lipinski definition) is 3. The molecule has 1 atom stereocenters. The molecule has 1 aliphatic rings. The molecule has 0 bridgehead atoms. The number of nitrogens with zero attached hydrogens (tertiary/aromatic N) is 1. The number of hydrogen-bond donors (Lipinski definition) is 1. The fourth-order valence-corrected chi connectivity index (χ4v) is 2.84. The van der Waals surface area contributed by atoms with Crippen LogP contribution in [0.25, 0.3) is 0 Å². The third-order valence-corrected chi connectivity index (χ3v) is 3.84. The maximum atomic E-state index is 5.58. The summed E-state index contributed by atoms with van der Waals surface area (Å²) in [6.45, 7) is 7.80. The van der Waals surface area contributed by atoms with Crippen LogP contribution < -0.4 is 15.0 Å². The van der Waals surface area contributed by atoms with Crippen molar-refractivity contribution in [3.63, 3.8) is 0 Å². The van der Waals surface area contributed by atoms with E-state index in [2.05, 4.69) is 42.3 Å². The SMILES string of the molecule is CCCNC(C)c1c(OC)cccc1N1CCCC1. The van der Waals surface area contributed by atoms with Crippen LogP contribution in [0.2, 0.25) is 0 Å². The van der Waals surface area contributed by atoms with Crippen molar-refractivity contribution in [2.24, 2.45) is 0 Å². The minimum absolute atomic E-state index is 0.326. The van der Waals surface area contributed by atoms with E-state index in [0.717, 1.165) is 18.7 Å². The van der Waals surface area contributed by atoms with Gasteiger partial charge in [0.05, 0.1) is 7.11 Å². The molecule has 1 aromatic rings. The highest BCUT2D eigenvalue weighted by molar-refractivity contribution is 5.61. The molecule has 1 aliphatic heterocycles. The Morgan fingerprint density at radius 3 is 2.68 bits per heavy atom. The molecule has 1 N–H and O–H groups in total. The van der Waals surface area contributed by atoms with Gasteiger partial charge in [-0.1, -0.05) is 13.0 Å². The molecule has 1 saturated heterocycles. The number of nitrogens with one attached hydrogen (secondary N) is 1. The van der Waals surface area contributed by atoms with Gasteiger partial charge in [0.15, 0.2) is 0 Å². The molecule has 106 valence electrons. The lowest BCUT2D eigenvalue weighted by atomic mass is 10.0. The Bertz CT molecular complexity index is 400. The number of methoxy groups -OCH3 is 1. The highest BCUT2D eigenvalue weighted by Gasteiger charge is 2.21. The van der Waals surface area contributed by atoms with Crippen LogP contribution in [-0.2, 0) is 0 Å². The summed E-state index contributed by atoms with van der Waals surface area (Å²) in [5.74, 6) is 1.00. The van der Waals surface area contributed by atoms with Crippen molar-refractivity contribution in [2.75, 3.05) is 31.6 Å². The van der Waals surface area contributed by atoms with Gasteiger partial charge in [0.2, 0.25) is 0 Å². The summed E-state index contributed by atoms with van der Waals surface area (Å²) >= 11 is 0. The fourth-order valence-electron chi connectivity index (χ4n) is 2.84.